The van der Waals surface area contributed by atoms with Crippen molar-refractivity contribution in [2.75, 3.05) is 6.61 Å². The number of alkyl halides is 3. The average molecular weight is 516 g/mol. The number of aryl methyl sites for hydroxylation is 2. The summed E-state index contributed by atoms with van der Waals surface area (Å²) in [4.78, 5) is 36.2. The van der Waals surface area contributed by atoms with E-state index in [1.165, 1.54) is 13.8 Å². The van der Waals surface area contributed by atoms with Crippen LogP contribution in [0.2, 0.25) is 0 Å². The number of nitrogens with zero attached hydrogens (tertiary/aromatic N) is 3. The van der Waals surface area contributed by atoms with Crippen LogP contribution < -0.4 is 20.7 Å². The number of carbonyl (C=O) groups is 1. The van der Waals surface area contributed by atoms with Crippen molar-refractivity contribution in [2.24, 2.45) is 0 Å². The molecule has 0 amide bonds. The predicted octanol–water partition coefficient (Wildman–Crippen LogP) is 3.80. The highest BCUT2D eigenvalue weighted by Gasteiger charge is 2.29. The molecule has 0 aliphatic rings. The van der Waals surface area contributed by atoms with Gasteiger partial charge in [-0.25, -0.2) is 14.3 Å². The number of carboxylic acid groups (broad SMARTS) is 1. The summed E-state index contributed by atoms with van der Waals surface area (Å²) in [6.45, 7) is 4.71. The fraction of sp³-hybridized carbons (Fsp3) is 0.583. The van der Waals surface area contributed by atoms with Crippen molar-refractivity contribution in [1.29, 1.82) is 0 Å². The number of rotatable bonds is 14. The smallest absolute Gasteiger partial charge is 0.389 e. The Balaban J connectivity index is 1.93. The van der Waals surface area contributed by atoms with E-state index in [0.717, 1.165) is 14.8 Å². The summed E-state index contributed by atoms with van der Waals surface area (Å²) in [6, 6.07) is 7.04. The van der Waals surface area contributed by atoms with Gasteiger partial charge in [-0.15, -0.1) is 5.10 Å². The minimum absolute atomic E-state index is 0.142. The predicted molar refractivity (Wildman–Crippen MR) is 126 cm³/mol. The van der Waals surface area contributed by atoms with Gasteiger partial charge in [0.05, 0.1) is 6.61 Å². The molecule has 0 aliphatic carbocycles. The van der Waals surface area contributed by atoms with Crippen LogP contribution >= 0.6 is 0 Å². The van der Waals surface area contributed by atoms with Crippen molar-refractivity contribution in [1.82, 2.24) is 14.3 Å². The lowest BCUT2D eigenvalue weighted by molar-refractivity contribution is -0.152. The first kappa shape index (κ1) is 28.9. The first-order valence-corrected chi connectivity index (χ1v) is 11.8. The topological polar surface area (TPSA) is 113 Å². The van der Waals surface area contributed by atoms with E-state index in [4.69, 9.17) is 14.6 Å². The molecule has 0 saturated heterocycles. The second-order valence-corrected chi connectivity index (χ2v) is 8.85. The molecule has 1 heterocycles. The van der Waals surface area contributed by atoms with Gasteiger partial charge in [-0.1, -0.05) is 19.1 Å². The molecule has 0 atom stereocenters. The Morgan fingerprint density at radius 1 is 1.06 bits per heavy atom. The van der Waals surface area contributed by atoms with Crippen LogP contribution in [0.3, 0.4) is 0 Å². The van der Waals surface area contributed by atoms with Crippen molar-refractivity contribution in [3.63, 3.8) is 0 Å². The number of unbranched alkanes of at least 4 members (excludes halogenated alkanes) is 1. The number of ether oxygens (including phenoxy) is 2. The van der Waals surface area contributed by atoms with Gasteiger partial charge in [0, 0.05) is 19.5 Å². The van der Waals surface area contributed by atoms with E-state index in [9.17, 15) is 27.6 Å². The summed E-state index contributed by atoms with van der Waals surface area (Å²) in [7, 11) is 0. The normalized spacial score (nSPS) is 11.9. The van der Waals surface area contributed by atoms with Crippen molar-refractivity contribution in [3.05, 3.63) is 50.7 Å². The molecule has 36 heavy (non-hydrogen) atoms. The molecule has 0 radical (unpaired) electrons. The van der Waals surface area contributed by atoms with E-state index in [0.29, 0.717) is 31.4 Å². The number of hydrogen-bond donors (Lipinski definition) is 1. The van der Waals surface area contributed by atoms with Crippen LogP contribution in [0, 0.1) is 0 Å². The zero-order valence-corrected chi connectivity index (χ0v) is 20.6. The van der Waals surface area contributed by atoms with Crippen molar-refractivity contribution in [3.8, 4) is 11.6 Å². The standard InChI is InChI=1S/C24H32F3N3O6/c1-4-14-30-22(34)29(15-7-13-24(25,26)27)20(31)19(28-30)35-16-6-5-8-17-9-11-18(12-10-17)36-23(2,3)21(32)33/h9-12H,4-8,13-16H2,1-3H3,(H,32,33). The molecule has 2 rings (SSSR count). The molecule has 1 aromatic heterocycles. The summed E-state index contributed by atoms with van der Waals surface area (Å²) in [6.07, 6.45) is -3.37. The molecule has 0 unspecified atom stereocenters. The number of benzene rings is 1. The highest BCUT2D eigenvalue weighted by Crippen LogP contribution is 2.21. The Bertz CT molecular complexity index is 1120. The van der Waals surface area contributed by atoms with Crippen LogP contribution in [0.25, 0.3) is 0 Å². The fourth-order valence-electron chi connectivity index (χ4n) is 3.28. The maximum absolute atomic E-state index is 12.6. The quantitative estimate of drug-likeness (QED) is 0.381. The Labute approximate surface area is 206 Å². The summed E-state index contributed by atoms with van der Waals surface area (Å²) in [5.41, 5.74) is -1.94. The zero-order valence-electron chi connectivity index (χ0n) is 20.6. The Morgan fingerprint density at radius 3 is 2.31 bits per heavy atom. The maximum Gasteiger partial charge on any atom is 0.389 e. The highest BCUT2D eigenvalue weighted by atomic mass is 19.4. The summed E-state index contributed by atoms with van der Waals surface area (Å²) < 4.78 is 50.2. The van der Waals surface area contributed by atoms with Crippen LogP contribution in [0.5, 0.6) is 11.6 Å². The van der Waals surface area contributed by atoms with Crippen LogP contribution in [-0.2, 0) is 24.3 Å². The summed E-state index contributed by atoms with van der Waals surface area (Å²) in [5.74, 6) is -0.939. The number of aromatic nitrogens is 3. The molecule has 200 valence electrons. The third-order valence-corrected chi connectivity index (χ3v) is 5.28. The highest BCUT2D eigenvalue weighted by molar-refractivity contribution is 5.76. The molecule has 0 aliphatic heterocycles. The maximum atomic E-state index is 12.6. The van der Waals surface area contributed by atoms with Crippen LogP contribution in [-0.4, -0.2) is 43.8 Å². The summed E-state index contributed by atoms with van der Waals surface area (Å²) in [5, 5.41) is 13.1. The number of halogens is 3. The first-order chi connectivity index (χ1) is 16.8. The first-order valence-electron chi connectivity index (χ1n) is 11.8. The monoisotopic (exact) mass is 515 g/mol. The number of hydrogen-bond acceptors (Lipinski definition) is 6. The lowest BCUT2D eigenvalue weighted by Gasteiger charge is -2.21. The summed E-state index contributed by atoms with van der Waals surface area (Å²) >= 11 is 0. The van der Waals surface area contributed by atoms with Crippen molar-refractivity contribution >= 4 is 5.97 Å². The van der Waals surface area contributed by atoms with E-state index < -0.39 is 41.8 Å². The largest absolute Gasteiger partial charge is 0.478 e. The van der Waals surface area contributed by atoms with Gasteiger partial charge in [-0.05, 0) is 63.6 Å². The van der Waals surface area contributed by atoms with E-state index in [1.54, 1.807) is 19.1 Å². The minimum atomic E-state index is -4.37. The second kappa shape index (κ2) is 12.6. The number of aliphatic carboxylic acids is 1. The minimum Gasteiger partial charge on any atom is -0.478 e. The lowest BCUT2D eigenvalue weighted by Crippen LogP contribution is -2.42. The molecule has 0 fully saturated rings. The second-order valence-electron chi connectivity index (χ2n) is 8.85. The van der Waals surface area contributed by atoms with Gasteiger partial charge < -0.3 is 14.6 Å². The Hall–Kier alpha value is -3.31. The van der Waals surface area contributed by atoms with Crippen molar-refractivity contribution in [2.45, 2.75) is 84.2 Å². The molecule has 0 spiro atoms. The fourth-order valence-corrected chi connectivity index (χ4v) is 3.28. The van der Waals surface area contributed by atoms with Gasteiger partial charge in [0.25, 0.3) is 5.88 Å². The van der Waals surface area contributed by atoms with Gasteiger partial charge in [0.1, 0.15) is 5.75 Å². The molecule has 1 aromatic carbocycles. The molecule has 1 N–H and O–H groups in total. The van der Waals surface area contributed by atoms with Crippen LogP contribution in [0.4, 0.5) is 13.2 Å². The Morgan fingerprint density at radius 2 is 1.72 bits per heavy atom. The number of carboxylic acids is 1. The molecule has 9 nitrogen and oxygen atoms in total. The van der Waals surface area contributed by atoms with Gasteiger partial charge in [0.2, 0.25) is 0 Å². The average Bonchev–Trinajstić information content (AvgIpc) is 2.79. The van der Waals surface area contributed by atoms with E-state index in [2.05, 4.69) is 5.10 Å². The third-order valence-electron chi connectivity index (χ3n) is 5.28. The van der Waals surface area contributed by atoms with Gasteiger partial charge in [-0.3, -0.25) is 9.36 Å². The van der Waals surface area contributed by atoms with Crippen LogP contribution in [0.15, 0.2) is 33.9 Å². The Kier molecular flexibility index (Phi) is 10.1. The SMILES string of the molecule is CCCn1nc(OCCCCc2ccc(OC(C)(C)C(=O)O)cc2)c(=O)n(CCCC(F)(F)F)c1=O. The molecule has 0 bridgehead atoms. The van der Waals surface area contributed by atoms with E-state index in [1.807, 2.05) is 12.1 Å². The van der Waals surface area contributed by atoms with Gasteiger partial charge in [0.15, 0.2) is 5.60 Å². The third kappa shape index (κ3) is 8.72. The molecular weight excluding hydrogens is 483 g/mol. The molecule has 2 aromatic rings. The van der Waals surface area contributed by atoms with Crippen molar-refractivity contribution < 1.29 is 32.5 Å². The van der Waals surface area contributed by atoms with Gasteiger partial charge in [-0.2, -0.15) is 13.2 Å². The lowest BCUT2D eigenvalue weighted by atomic mass is 10.1. The van der Waals surface area contributed by atoms with E-state index in [-0.39, 0.29) is 25.6 Å². The van der Waals surface area contributed by atoms with Gasteiger partial charge >= 0.3 is 23.4 Å². The zero-order chi connectivity index (χ0) is 26.9. The molecule has 0 saturated carbocycles. The van der Waals surface area contributed by atoms with E-state index >= 15 is 0 Å². The molecular formula is C24H32F3N3O6. The van der Waals surface area contributed by atoms with Crippen LogP contribution in [0.1, 0.15) is 58.4 Å². The molecule has 12 heteroatoms.